The number of aliphatic hydroxyl groups is 1. The van der Waals surface area contributed by atoms with Gasteiger partial charge in [-0.2, -0.15) is 0 Å². The van der Waals surface area contributed by atoms with E-state index in [1.807, 2.05) is 6.92 Å². The second kappa shape index (κ2) is 4.31. The van der Waals surface area contributed by atoms with Crippen LogP contribution in [0.5, 0.6) is 5.75 Å². The van der Waals surface area contributed by atoms with E-state index in [0.29, 0.717) is 11.3 Å². The van der Waals surface area contributed by atoms with E-state index in [9.17, 15) is 9.90 Å². The van der Waals surface area contributed by atoms with Crippen molar-refractivity contribution >= 4 is 5.97 Å². The maximum atomic E-state index is 10.6. The second-order valence-corrected chi connectivity index (χ2v) is 3.35. The fourth-order valence-electron chi connectivity index (χ4n) is 1.47. The molecule has 0 aliphatic rings. The molecule has 1 aromatic carbocycles. The third-order valence-corrected chi connectivity index (χ3v) is 2.53. The third kappa shape index (κ3) is 2.10. The molecular formula is C11H14O4. The van der Waals surface area contributed by atoms with Gasteiger partial charge in [0.1, 0.15) is 5.75 Å². The SMILES string of the molecule is COc1ccc(C(O)C(=O)O)c(C)c1C. The van der Waals surface area contributed by atoms with Gasteiger partial charge in [0.05, 0.1) is 7.11 Å². The van der Waals surface area contributed by atoms with Crippen molar-refractivity contribution in [3.8, 4) is 5.75 Å². The van der Waals surface area contributed by atoms with Crippen molar-refractivity contribution in [2.75, 3.05) is 7.11 Å². The quantitative estimate of drug-likeness (QED) is 0.792. The van der Waals surface area contributed by atoms with Crippen LogP contribution >= 0.6 is 0 Å². The molecule has 0 aliphatic heterocycles. The summed E-state index contributed by atoms with van der Waals surface area (Å²) >= 11 is 0. The van der Waals surface area contributed by atoms with Gasteiger partial charge in [-0.15, -0.1) is 0 Å². The summed E-state index contributed by atoms with van der Waals surface area (Å²) in [5.41, 5.74) is 1.99. The molecule has 1 unspecified atom stereocenters. The zero-order chi connectivity index (χ0) is 11.6. The molecule has 2 N–H and O–H groups in total. The second-order valence-electron chi connectivity index (χ2n) is 3.35. The number of aliphatic hydroxyl groups excluding tert-OH is 1. The molecule has 0 fully saturated rings. The van der Waals surface area contributed by atoms with Crippen LogP contribution < -0.4 is 4.74 Å². The largest absolute Gasteiger partial charge is 0.496 e. The number of carboxylic acid groups (broad SMARTS) is 1. The summed E-state index contributed by atoms with van der Waals surface area (Å²) in [6, 6.07) is 3.23. The highest BCUT2D eigenvalue weighted by Gasteiger charge is 2.19. The smallest absolute Gasteiger partial charge is 0.337 e. The lowest BCUT2D eigenvalue weighted by atomic mass is 9.98. The molecular weight excluding hydrogens is 196 g/mol. The van der Waals surface area contributed by atoms with E-state index < -0.39 is 12.1 Å². The van der Waals surface area contributed by atoms with E-state index >= 15 is 0 Å². The monoisotopic (exact) mass is 210 g/mol. The summed E-state index contributed by atoms with van der Waals surface area (Å²) in [6.07, 6.45) is -1.48. The molecule has 4 nitrogen and oxygen atoms in total. The summed E-state index contributed by atoms with van der Waals surface area (Å²) in [4.78, 5) is 10.6. The first kappa shape index (κ1) is 11.5. The van der Waals surface area contributed by atoms with E-state index in [1.165, 1.54) is 0 Å². The van der Waals surface area contributed by atoms with Gasteiger partial charge in [0.2, 0.25) is 0 Å². The average Bonchev–Trinajstić information content (AvgIpc) is 2.21. The Bertz CT molecular complexity index is 384. The molecule has 0 heterocycles. The molecule has 1 rings (SSSR count). The van der Waals surface area contributed by atoms with Gasteiger partial charge < -0.3 is 14.9 Å². The lowest BCUT2D eigenvalue weighted by Crippen LogP contribution is -2.12. The van der Waals surface area contributed by atoms with Gasteiger partial charge in [0.15, 0.2) is 6.10 Å². The van der Waals surface area contributed by atoms with Crippen molar-refractivity contribution in [2.24, 2.45) is 0 Å². The van der Waals surface area contributed by atoms with Crippen LogP contribution in [0.2, 0.25) is 0 Å². The van der Waals surface area contributed by atoms with Crippen molar-refractivity contribution in [3.05, 3.63) is 28.8 Å². The molecule has 0 saturated heterocycles. The standard InChI is InChI=1S/C11H14O4/c1-6-7(2)9(15-3)5-4-8(6)10(12)11(13)14/h4-5,10,12H,1-3H3,(H,13,14). The minimum Gasteiger partial charge on any atom is -0.496 e. The highest BCUT2D eigenvalue weighted by Crippen LogP contribution is 2.27. The lowest BCUT2D eigenvalue weighted by molar-refractivity contribution is -0.147. The maximum absolute atomic E-state index is 10.6. The number of ether oxygens (including phenoxy) is 1. The summed E-state index contributed by atoms with van der Waals surface area (Å²) in [5, 5.41) is 18.1. The van der Waals surface area contributed by atoms with Gasteiger partial charge in [-0.3, -0.25) is 0 Å². The van der Waals surface area contributed by atoms with Crippen LogP contribution in [-0.4, -0.2) is 23.3 Å². The summed E-state index contributed by atoms with van der Waals surface area (Å²) < 4.78 is 5.09. The van der Waals surface area contributed by atoms with Crippen LogP contribution in [0.4, 0.5) is 0 Å². The molecule has 0 radical (unpaired) electrons. The van der Waals surface area contributed by atoms with E-state index in [-0.39, 0.29) is 0 Å². The molecule has 0 aromatic heterocycles. The molecule has 82 valence electrons. The Hall–Kier alpha value is -1.55. The first-order valence-corrected chi connectivity index (χ1v) is 4.54. The Balaban J connectivity index is 3.23. The van der Waals surface area contributed by atoms with Gasteiger partial charge in [0.25, 0.3) is 0 Å². The van der Waals surface area contributed by atoms with Crippen LogP contribution in [0.3, 0.4) is 0 Å². The summed E-state index contributed by atoms with van der Waals surface area (Å²) in [6.45, 7) is 3.59. The number of carbonyl (C=O) groups is 1. The normalized spacial score (nSPS) is 12.3. The molecule has 15 heavy (non-hydrogen) atoms. The van der Waals surface area contributed by atoms with Gasteiger partial charge in [-0.1, -0.05) is 6.07 Å². The van der Waals surface area contributed by atoms with E-state index in [1.54, 1.807) is 26.2 Å². The molecule has 0 amide bonds. The topological polar surface area (TPSA) is 66.8 Å². The molecule has 0 aliphatic carbocycles. The molecule has 0 spiro atoms. The number of aliphatic carboxylic acids is 1. The lowest BCUT2D eigenvalue weighted by Gasteiger charge is -2.14. The Kier molecular flexibility index (Phi) is 3.31. The zero-order valence-electron chi connectivity index (χ0n) is 8.94. The van der Waals surface area contributed by atoms with Crippen LogP contribution in [-0.2, 0) is 4.79 Å². The van der Waals surface area contributed by atoms with Crippen LogP contribution in [0.25, 0.3) is 0 Å². The minimum atomic E-state index is -1.48. The predicted molar refractivity (Wildman–Crippen MR) is 55.1 cm³/mol. The van der Waals surface area contributed by atoms with Crippen molar-refractivity contribution in [1.82, 2.24) is 0 Å². The Morgan fingerprint density at radius 1 is 1.33 bits per heavy atom. The number of methoxy groups -OCH3 is 1. The Morgan fingerprint density at radius 3 is 2.40 bits per heavy atom. The Labute approximate surface area is 88.1 Å². The van der Waals surface area contributed by atoms with Gasteiger partial charge >= 0.3 is 5.97 Å². The minimum absolute atomic E-state index is 0.404. The summed E-state index contributed by atoms with van der Waals surface area (Å²) in [7, 11) is 1.55. The van der Waals surface area contributed by atoms with Crippen LogP contribution in [0.15, 0.2) is 12.1 Å². The molecule has 1 aromatic rings. The van der Waals surface area contributed by atoms with Crippen molar-refractivity contribution in [1.29, 1.82) is 0 Å². The van der Waals surface area contributed by atoms with E-state index in [4.69, 9.17) is 9.84 Å². The number of carboxylic acids is 1. The molecule has 0 saturated carbocycles. The van der Waals surface area contributed by atoms with Gasteiger partial charge in [0, 0.05) is 0 Å². The van der Waals surface area contributed by atoms with E-state index in [0.717, 1.165) is 11.1 Å². The molecule has 0 bridgehead atoms. The first-order valence-electron chi connectivity index (χ1n) is 4.54. The fourth-order valence-corrected chi connectivity index (χ4v) is 1.47. The van der Waals surface area contributed by atoms with Crippen molar-refractivity contribution in [3.63, 3.8) is 0 Å². The number of benzene rings is 1. The average molecular weight is 210 g/mol. The van der Waals surface area contributed by atoms with Crippen LogP contribution in [0.1, 0.15) is 22.8 Å². The highest BCUT2D eigenvalue weighted by molar-refractivity contribution is 5.75. The fraction of sp³-hybridized carbons (Fsp3) is 0.364. The number of hydrogen-bond acceptors (Lipinski definition) is 3. The highest BCUT2D eigenvalue weighted by atomic mass is 16.5. The van der Waals surface area contributed by atoms with Crippen LogP contribution in [0, 0.1) is 13.8 Å². The van der Waals surface area contributed by atoms with Gasteiger partial charge in [-0.05, 0) is 36.6 Å². The zero-order valence-corrected chi connectivity index (χ0v) is 8.94. The first-order chi connectivity index (χ1) is 6.99. The van der Waals surface area contributed by atoms with Crippen molar-refractivity contribution < 1.29 is 19.7 Å². The maximum Gasteiger partial charge on any atom is 0.337 e. The van der Waals surface area contributed by atoms with Crippen molar-refractivity contribution in [2.45, 2.75) is 20.0 Å². The number of hydrogen-bond donors (Lipinski definition) is 2. The Morgan fingerprint density at radius 2 is 1.93 bits per heavy atom. The molecule has 4 heteroatoms. The van der Waals surface area contributed by atoms with E-state index in [2.05, 4.69) is 0 Å². The molecule has 1 atom stereocenters. The predicted octanol–water partition coefficient (Wildman–Crippen LogP) is 1.43. The number of rotatable bonds is 3. The third-order valence-electron chi connectivity index (χ3n) is 2.53. The summed E-state index contributed by atoms with van der Waals surface area (Å²) in [5.74, 6) is -0.559. The van der Waals surface area contributed by atoms with Gasteiger partial charge in [-0.25, -0.2) is 4.79 Å².